The normalized spacial score (nSPS) is 14.4. The number of benzene rings is 2. The van der Waals surface area contributed by atoms with Crippen LogP contribution in [0.2, 0.25) is 18.1 Å². The Morgan fingerprint density at radius 3 is 2.35 bits per heavy atom. The van der Waals surface area contributed by atoms with E-state index in [0.29, 0.717) is 52.6 Å². The first kappa shape index (κ1) is 31.7. The first-order valence-electron chi connectivity index (χ1n) is 14.2. The van der Waals surface area contributed by atoms with Crippen molar-refractivity contribution in [3.63, 3.8) is 0 Å². The lowest BCUT2D eigenvalue weighted by Gasteiger charge is -2.40. The Kier molecular flexibility index (Phi) is 10.1. The fourth-order valence-corrected chi connectivity index (χ4v) is 5.63. The average molecular weight is 571 g/mol. The van der Waals surface area contributed by atoms with Crippen molar-refractivity contribution in [1.29, 1.82) is 0 Å². The predicted octanol–water partition coefficient (Wildman–Crippen LogP) is 8.50. The fraction of sp³-hybridized carbons (Fsp3) is 0.562. The SMILES string of the molecule is COc1c([C@H](CC(C)C)O[Si](C)(C)C(C)(C)C)ccc2c1C(=O)OCc1cc(C=O)cc(OCCC(C)C)c1O2. The van der Waals surface area contributed by atoms with E-state index < -0.39 is 14.3 Å². The number of hydrogen-bond acceptors (Lipinski definition) is 7. The maximum Gasteiger partial charge on any atom is 0.346 e. The minimum Gasteiger partial charge on any atom is -0.495 e. The van der Waals surface area contributed by atoms with Crippen molar-refractivity contribution < 1.29 is 33.0 Å². The number of fused-ring (bicyclic) bond motifs is 2. The number of aldehydes is 1. The van der Waals surface area contributed by atoms with Gasteiger partial charge in [-0.25, -0.2) is 4.79 Å². The molecule has 0 unspecified atom stereocenters. The Morgan fingerprint density at radius 2 is 1.77 bits per heavy atom. The van der Waals surface area contributed by atoms with Gasteiger partial charge in [-0.3, -0.25) is 4.79 Å². The van der Waals surface area contributed by atoms with Crippen molar-refractivity contribution in [2.24, 2.45) is 11.8 Å². The van der Waals surface area contributed by atoms with Gasteiger partial charge in [0, 0.05) is 16.7 Å². The molecule has 0 radical (unpaired) electrons. The second kappa shape index (κ2) is 12.8. The van der Waals surface area contributed by atoms with E-state index in [4.69, 9.17) is 23.4 Å². The summed E-state index contributed by atoms with van der Waals surface area (Å²) in [6, 6.07) is 7.02. The summed E-state index contributed by atoms with van der Waals surface area (Å²) in [5, 5.41) is 0.0111. The molecule has 0 saturated heterocycles. The van der Waals surface area contributed by atoms with Crippen molar-refractivity contribution >= 4 is 20.6 Å². The highest BCUT2D eigenvalue weighted by molar-refractivity contribution is 6.74. The molecule has 2 aromatic carbocycles. The van der Waals surface area contributed by atoms with E-state index in [9.17, 15) is 9.59 Å². The summed E-state index contributed by atoms with van der Waals surface area (Å²) >= 11 is 0. The third-order valence-electron chi connectivity index (χ3n) is 7.65. The maximum atomic E-state index is 13.5. The monoisotopic (exact) mass is 570 g/mol. The van der Waals surface area contributed by atoms with E-state index >= 15 is 0 Å². The van der Waals surface area contributed by atoms with Gasteiger partial charge < -0.3 is 23.4 Å². The van der Waals surface area contributed by atoms with Crippen molar-refractivity contribution in [1.82, 2.24) is 0 Å². The number of esters is 1. The van der Waals surface area contributed by atoms with Gasteiger partial charge in [-0.1, -0.05) is 48.5 Å². The summed E-state index contributed by atoms with van der Waals surface area (Å²) in [6.07, 6.45) is 2.09. The quantitative estimate of drug-likeness (QED) is 0.152. The van der Waals surface area contributed by atoms with Crippen LogP contribution in [0.1, 0.15) is 99.3 Å². The Hall–Kier alpha value is -2.84. The highest BCUT2D eigenvalue weighted by atomic mass is 28.4. The van der Waals surface area contributed by atoms with Crippen LogP contribution >= 0.6 is 0 Å². The van der Waals surface area contributed by atoms with E-state index in [1.165, 1.54) is 0 Å². The van der Waals surface area contributed by atoms with Gasteiger partial charge in [0.1, 0.15) is 30.0 Å². The molecule has 8 heteroatoms. The molecule has 40 heavy (non-hydrogen) atoms. The number of hydrogen-bond donors (Lipinski definition) is 0. The molecule has 0 saturated carbocycles. The summed E-state index contributed by atoms with van der Waals surface area (Å²) in [4.78, 5) is 25.1. The molecule has 3 rings (SSSR count). The van der Waals surface area contributed by atoms with Gasteiger partial charge in [-0.05, 0) is 67.1 Å². The van der Waals surface area contributed by atoms with Crippen LogP contribution in [0.15, 0.2) is 24.3 Å². The number of ether oxygens (including phenoxy) is 4. The van der Waals surface area contributed by atoms with Crippen LogP contribution in [0.4, 0.5) is 0 Å². The van der Waals surface area contributed by atoms with Crippen molar-refractivity contribution in [2.75, 3.05) is 13.7 Å². The Bertz CT molecular complexity index is 1210. The van der Waals surface area contributed by atoms with E-state index in [-0.39, 0.29) is 23.3 Å². The Labute approximate surface area is 240 Å². The third kappa shape index (κ3) is 7.26. The second-order valence-electron chi connectivity index (χ2n) is 12.9. The van der Waals surface area contributed by atoms with Gasteiger partial charge in [-0.15, -0.1) is 0 Å². The highest BCUT2D eigenvalue weighted by Gasteiger charge is 2.41. The number of methoxy groups -OCH3 is 1. The zero-order valence-corrected chi connectivity index (χ0v) is 26.8. The molecular formula is C32H46O7Si. The topological polar surface area (TPSA) is 80.3 Å². The van der Waals surface area contributed by atoms with Gasteiger partial charge in [0.25, 0.3) is 0 Å². The highest BCUT2D eigenvalue weighted by Crippen LogP contribution is 2.47. The van der Waals surface area contributed by atoms with Crippen LogP contribution in [0, 0.1) is 11.8 Å². The lowest BCUT2D eigenvalue weighted by Crippen LogP contribution is -2.42. The van der Waals surface area contributed by atoms with Crippen molar-refractivity contribution in [3.8, 4) is 23.0 Å². The molecule has 0 fully saturated rings. The molecule has 1 atom stereocenters. The molecule has 0 amide bonds. The first-order chi connectivity index (χ1) is 18.7. The number of cyclic esters (lactones) is 1. The smallest absolute Gasteiger partial charge is 0.346 e. The second-order valence-corrected chi connectivity index (χ2v) is 17.6. The Balaban J connectivity index is 2.13. The predicted molar refractivity (Wildman–Crippen MR) is 159 cm³/mol. The molecule has 0 bridgehead atoms. The van der Waals surface area contributed by atoms with Gasteiger partial charge >= 0.3 is 5.97 Å². The molecular weight excluding hydrogens is 524 g/mol. The minimum absolute atomic E-state index is 0.0111. The van der Waals surface area contributed by atoms with Crippen LogP contribution in [0.5, 0.6) is 23.0 Å². The van der Waals surface area contributed by atoms with Crippen LogP contribution in [-0.2, 0) is 15.8 Å². The molecule has 1 aliphatic heterocycles. The number of carbonyl (C=O) groups is 2. The zero-order chi connectivity index (χ0) is 29.8. The maximum absolute atomic E-state index is 13.5. The Morgan fingerprint density at radius 1 is 1.07 bits per heavy atom. The molecule has 1 heterocycles. The minimum atomic E-state index is -2.16. The van der Waals surface area contributed by atoms with Gasteiger partial charge in [-0.2, -0.15) is 0 Å². The third-order valence-corrected chi connectivity index (χ3v) is 12.1. The largest absolute Gasteiger partial charge is 0.495 e. The van der Waals surface area contributed by atoms with Crippen LogP contribution in [-0.4, -0.2) is 34.3 Å². The summed E-state index contributed by atoms with van der Waals surface area (Å²) in [6.45, 7) is 20.0. The van der Waals surface area contributed by atoms with Crippen LogP contribution in [0.3, 0.4) is 0 Å². The van der Waals surface area contributed by atoms with Gasteiger partial charge in [0.15, 0.2) is 19.8 Å². The van der Waals surface area contributed by atoms with Crippen molar-refractivity contribution in [2.45, 2.75) is 92.2 Å². The summed E-state index contributed by atoms with van der Waals surface area (Å²) < 4.78 is 31.0. The van der Waals surface area contributed by atoms with E-state index in [1.807, 2.05) is 6.07 Å². The molecule has 0 spiro atoms. The fourth-order valence-electron chi connectivity index (χ4n) is 4.34. The summed E-state index contributed by atoms with van der Waals surface area (Å²) in [7, 11) is -0.607. The van der Waals surface area contributed by atoms with Gasteiger partial charge in [0.05, 0.1) is 19.8 Å². The summed E-state index contributed by atoms with van der Waals surface area (Å²) in [5.41, 5.74) is 1.99. The lowest BCUT2D eigenvalue weighted by molar-refractivity contribution is 0.0453. The van der Waals surface area contributed by atoms with Crippen LogP contribution in [0.25, 0.3) is 0 Å². The zero-order valence-electron chi connectivity index (χ0n) is 25.8. The molecule has 220 valence electrons. The standard InChI is InChI=1S/C32H46O7Si/c1-20(2)13-14-36-27-17-22(18-33)16-23-19-37-31(34)28-25(38-29(23)27)12-11-24(30(28)35-8)26(15-21(3)4)39-40(9,10)32(5,6)7/h11-12,16-18,20-21,26H,13-15,19H2,1-10H3/t26-/m0/s1. The molecule has 0 aromatic heterocycles. The molecule has 7 nitrogen and oxygen atoms in total. The van der Waals surface area contributed by atoms with E-state index in [2.05, 4.69) is 61.6 Å². The lowest BCUT2D eigenvalue weighted by atomic mass is 9.96. The molecule has 1 aliphatic rings. The van der Waals surface area contributed by atoms with E-state index in [0.717, 1.165) is 24.7 Å². The molecule has 0 N–H and O–H groups in total. The average Bonchev–Trinajstić information content (AvgIpc) is 2.85. The molecule has 2 aromatic rings. The number of rotatable bonds is 11. The number of carbonyl (C=O) groups excluding carboxylic acids is 2. The van der Waals surface area contributed by atoms with Gasteiger partial charge in [0.2, 0.25) is 0 Å². The van der Waals surface area contributed by atoms with Crippen molar-refractivity contribution in [3.05, 3.63) is 46.5 Å². The summed E-state index contributed by atoms with van der Waals surface area (Å²) in [5.74, 6) is 1.80. The van der Waals surface area contributed by atoms with E-state index in [1.54, 1.807) is 25.3 Å². The van der Waals surface area contributed by atoms with Crippen LogP contribution < -0.4 is 14.2 Å². The first-order valence-corrected chi connectivity index (χ1v) is 17.1. The molecule has 0 aliphatic carbocycles.